The van der Waals surface area contributed by atoms with Gasteiger partial charge in [0.1, 0.15) is 0 Å². The van der Waals surface area contributed by atoms with Crippen molar-refractivity contribution in [3.05, 3.63) is 17.5 Å². The Morgan fingerprint density at radius 3 is 2.65 bits per heavy atom. The van der Waals surface area contributed by atoms with Gasteiger partial charge in [-0.3, -0.25) is 4.68 Å². The first kappa shape index (κ1) is 17.8. The van der Waals surface area contributed by atoms with Gasteiger partial charge in [0.15, 0.2) is 0 Å². The summed E-state index contributed by atoms with van der Waals surface area (Å²) in [5, 5.41) is 7.68. The molecule has 2 amide bonds. The Hall–Kier alpha value is -1.56. The largest absolute Gasteiger partial charge is 0.375 e. The zero-order chi connectivity index (χ0) is 17.4. The highest BCUT2D eigenvalue weighted by Gasteiger charge is 2.29. The molecule has 1 aliphatic heterocycles. The highest BCUT2D eigenvalue weighted by atomic mass is 16.5. The third-order valence-corrected chi connectivity index (χ3v) is 4.30. The zero-order valence-corrected chi connectivity index (χ0v) is 15.4. The minimum absolute atomic E-state index is 0.0388. The summed E-state index contributed by atoms with van der Waals surface area (Å²) in [6.45, 7) is 15.6. The third-order valence-electron chi connectivity index (χ3n) is 4.30. The second-order valence-electron chi connectivity index (χ2n) is 7.60. The molecule has 0 aliphatic carbocycles. The van der Waals surface area contributed by atoms with E-state index in [1.54, 1.807) is 0 Å². The van der Waals surface area contributed by atoms with Crippen LogP contribution in [-0.2, 0) is 10.3 Å². The summed E-state index contributed by atoms with van der Waals surface area (Å²) in [6.07, 6.45) is 2.11. The second-order valence-corrected chi connectivity index (χ2v) is 7.60. The number of carbonyl (C=O) groups is 1. The van der Waals surface area contributed by atoms with Gasteiger partial charge in [0, 0.05) is 18.3 Å². The van der Waals surface area contributed by atoms with Gasteiger partial charge in [-0.15, -0.1) is 0 Å². The first-order valence-electron chi connectivity index (χ1n) is 8.35. The first-order valence-corrected chi connectivity index (χ1v) is 8.35. The topological polar surface area (TPSA) is 59.4 Å². The summed E-state index contributed by atoms with van der Waals surface area (Å²) in [5.41, 5.74) is 1.94. The molecule has 0 unspecified atom stereocenters. The van der Waals surface area contributed by atoms with Crippen LogP contribution in [0.2, 0.25) is 0 Å². The molecule has 1 aromatic rings. The highest BCUT2D eigenvalue weighted by Crippen LogP contribution is 2.22. The summed E-state index contributed by atoms with van der Waals surface area (Å²) >= 11 is 0. The predicted octanol–water partition coefficient (Wildman–Crippen LogP) is 2.83. The lowest BCUT2D eigenvalue weighted by Crippen LogP contribution is -2.53. The standard InChI is InChI=1S/C17H30N4O2/c1-11-10-23-12(2)8-20(11)16(22)18-13(3)15-9-21(17(5,6)7)19-14(15)4/h9,11-13H,8,10H2,1-7H3,(H,18,22)/t11-,12+,13-/m0/s1. The molecule has 23 heavy (non-hydrogen) atoms. The van der Waals surface area contributed by atoms with Crippen molar-refractivity contribution in [3.63, 3.8) is 0 Å². The molecule has 0 bridgehead atoms. The summed E-state index contributed by atoms with van der Waals surface area (Å²) in [6, 6.07) is -0.0243. The van der Waals surface area contributed by atoms with Crippen molar-refractivity contribution in [1.82, 2.24) is 20.0 Å². The van der Waals surface area contributed by atoms with Crippen LogP contribution >= 0.6 is 0 Å². The molecule has 0 spiro atoms. The van der Waals surface area contributed by atoms with Gasteiger partial charge >= 0.3 is 6.03 Å². The minimum Gasteiger partial charge on any atom is -0.375 e. The van der Waals surface area contributed by atoms with Crippen molar-refractivity contribution >= 4 is 6.03 Å². The summed E-state index contributed by atoms with van der Waals surface area (Å²) < 4.78 is 7.54. The lowest BCUT2D eigenvalue weighted by molar-refractivity contribution is -0.0320. The second kappa shape index (κ2) is 6.51. The molecule has 1 saturated heterocycles. The van der Waals surface area contributed by atoms with Crippen molar-refractivity contribution < 1.29 is 9.53 Å². The molecule has 2 heterocycles. The van der Waals surface area contributed by atoms with Crippen molar-refractivity contribution in [1.29, 1.82) is 0 Å². The number of nitrogens with zero attached hydrogens (tertiary/aromatic N) is 3. The molecule has 0 aromatic carbocycles. The number of carbonyl (C=O) groups excluding carboxylic acids is 1. The average molecular weight is 322 g/mol. The van der Waals surface area contributed by atoms with Crippen LogP contribution in [0.1, 0.15) is 58.8 Å². The fourth-order valence-corrected chi connectivity index (χ4v) is 2.77. The van der Waals surface area contributed by atoms with Crippen molar-refractivity contribution in [3.8, 4) is 0 Å². The van der Waals surface area contributed by atoms with Gasteiger partial charge in [0.05, 0.1) is 36.0 Å². The van der Waals surface area contributed by atoms with Crippen LogP contribution in [0.15, 0.2) is 6.20 Å². The molecule has 1 fully saturated rings. The van der Waals surface area contributed by atoms with E-state index in [2.05, 4.69) is 31.2 Å². The molecule has 1 aliphatic rings. The van der Waals surface area contributed by atoms with E-state index >= 15 is 0 Å². The Balaban J connectivity index is 2.08. The van der Waals surface area contributed by atoms with Crippen molar-refractivity contribution in [2.45, 2.75) is 72.2 Å². The van der Waals surface area contributed by atoms with Crippen molar-refractivity contribution in [2.75, 3.05) is 13.2 Å². The number of rotatable bonds is 2. The van der Waals surface area contributed by atoms with Crippen LogP contribution in [0.4, 0.5) is 4.79 Å². The monoisotopic (exact) mass is 322 g/mol. The molecule has 1 N–H and O–H groups in total. The summed E-state index contributed by atoms with van der Waals surface area (Å²) in [4.78, 5) is 14.4. The fourth-order valence-electron chi connectivity index (χ4n) is 2.77. The van der Waals surface area contributed by atoms with E-state index in [4.69, 9.17) is 4.74 Å². The van der Waals surface area contributed by atoms with E-state index in [0.717, 1.165) is 11.3 Å². The molecule has 1 aromatic heterocycles. The zero-order valence-electron chi connectivity index (χ0n) is 15.4. The molecular weight excluding hydrogens is 292 g/mol. The molecule has 0 radical (unpaired) electrons. The number of hydrogen-bond donors (Lipinski definition) is 1. The Labute approximate surface area is 139 Å². The van der Waals surface area contributed by atoms with Crippen LogP contribution in [0.3, 0.4) is 0 Å². The van der Waals surface area contributed by atoms with Gasteiger partial charge in [-0.2, -0.15) is 5.10 Å². The van der Waals surface area contributed by atoms with E-state index in [-0.39, 0.29) is 29.8 Å². The molecule has 3 atom stereocenters. The quantitative estimate of drug-likeness (QED) is 0.911. The van der Waals surface area contributed by atoms with Crippen LogP contribution < -0.4 is 5.32 Å². The molecule has 6 heteroatoms. The van der Waals surface area contributed by atoms with Gasteiger partial charge < -0.3 is 15.0 Å². The maximum Gasteiger partial charge on any atom is 0.318 e. The van der Waals surface area contributed by atoms with Gasteiger partial charge in [-0.05, 0) is 48.5 Å². The number of hydrogen-bond acceptors (Lipinski definition) is 3. The van der Waals surface area contributed by atoms with Crippen LogP contribution in [0, 0.1) is 6.92 Å². The Morgan fingerprint density at radius 2 is 2.09 bits per heavy atom. The molecule has 130 valence electrons. The Kier molecular flexibility index (Phi) is 5.04. The lowest BCUT2D eigenvalue weighted by atomic mass is 10.1. The summed E-state index contributed by atoms with van der Waals surface area (Å²) in [7, 11) is 0. The predicted molar refractivity (Wildman–Crippen MR) is 90.5 cm³/mol. The third kappa shape index (κ3) is 4.05. The molecule has 2 rings (SSSR count). The maximum absolute atomic E-state index is 12.6. The number of aromatic nitrogens is 2. The lowest BCUT2D eigenvalue weighted by Gasteiger charge is -2.37. The van der Waals surface area contributed by atoms with Gasteiger partial charge in [-0.1, -0.05) is 0 Å². The van der Waals surface area contributed by atoms with Crippen LogP contribution in [-0.4, -0.2) is 46.0 Å². The smallest absolute Gasteiger partial charge is 0.318 e. The van der Waals surface area contributed by atoms with Gasteiger partial charge in [-0.25, -0.2) is 4.79 Å². The van der Waals surface area contributed by atoms with E-state index < -0.39 is 0 Å². The van der Waals surface area contributed by atoms with Crippen LogP contribution in [0.25, 0.3) is 0 Å². The number of urea groups is 1. The average Bonchev–Trinajstić information content (AvgIpc) is 2.83. The molecular formula is C17H30N4O2. The number of nitrogens with one attached hydrogen (secondary N) is 1. The van der Waals surface area contributed by atoms with Gasteiger partial charge in [0.25, 0.3) is 0 Å². The fraction of sp³-hybridized carbons (Fsp3) is 0.765. The Bertz CT molecular complexity index is 561. The Morgan fingerprint density at radius 1 is 1.43 bits per heavy atom. The van der Waals surface area contributed by atoms with Crippen LogP contribution in [0.5, 0.6) is 0 Å². The molecule has 0 saturated carbocycles. The van der Waals surface area contributed by atoms with Crippen molar-refractivity contribution in [2.24, 2.45) is 0 Å². The molecule has 6 nitrogen and oxygen atoms in total. The van der Waals surface area contributed by atoms with E-state index in [0.29, 0.717) is 13.2 Å². The number of morpholine rings is 1. The maximum atomic E-state index is 12.6. The first-order chi connectivity index (χ1) is 10.6. The van der Waals surface area contributed by atoms with Gasteiger partial charge in [0.2, 0.25) is 0 Å². The minimum atomic E-state index is -0.0797. The highest BCUT2D eigenvalue weighted by molar-refractivity contribution is 5.75. The van der Waals surface area contributed by atoms with E-state index in [1.807, 2.05) is 43.5 Å². The van der Waals surface area contributed by atoms with E-state index in [1.165, 1.54) is 0 Å². The number of aryl methyl sites for hydroxylation is 1. The number of amides is 2. The summed E-state index contributed by atoms with van der Waals surface area (Å²) in [5.74, 6) is 0. The van der Waals surface area contributed by atoms with E-state index in [9.17, 15) is 4.79 Å². The normalized spacial score (nSPS) is 23.7. The SMILES string of the molecule is Cc1nn(C(C)(C)C)cc1[C@H](C)NC(=O)N1C[C@@H](C)OC[C@@H]1C. The number of ether oxygens (including phenoxy) is 1.